The number of hydrogen-bond donors (Lipinski definition) is 2. The molecule has 204 valence electrons. The lowest BCUT2D eigenvalue weighted by Gasteiger charge is -2.20. The number of carboxylic acid groups (broad SMARTS) is 1. The zero-order valence-corrected chi connectivity index (χ0v) is 23.2. The maximum Gasteiger partial charge on any atom is 0.326 e. The van der Waals surface area contributed by atoms with Crippen molar-refractivity contribution in [3.05, 3.63) is 94.2 Å². The third-order valence-electron chi connectivity index (χ3n) is 6.20. The van der Waals surface area contributed by atoms with E-state index >= 15 is 0 Å². The average Bonchev–Trinajstić information content (AvgIpc) is 3.61. The zero-order valence-electron chi connectivity index (χ0n) is 21.5. The molecule has 11 heteroatoms. The van der Waals surface area contributed by atoms with E-state index < -0.39 is 29.8 Å². The van der Waals surface area contributed by atoms with Gasteiger partial charge in [0.2, 0.25) is 0 Å². The molecule has 0 radical (unpaired) electrons. The van der Waals surface area contributed by atoms with Crippen molar-refractivity contribution >= 4 is 35.0 Å². The minimum absolute atomic E-state index is 0.286. The minimum atomic E-state index is -1.09. The first-order valence-electron chi connectivity index (χ1n) is 12.3. The number of thioether (sulfide) groups is 1. The third kappa shape index (κ3) is 7.31. The number of hydrogen-bond acceptors (Lipinski definition) is 7. The first kappa shape index (κ1) is 28.5. The van der Waals surface area contributed by atoms with Crippen molar-refractivity contribution in [2.45, 2.75) is 25.0 Å². The smallest absolute Gasteiger partial charge is 0.326 e. The molecule has 1 unspecified atom stereocenters. The van der Waals surface area contributed by atoms with Gasteiger partial charge in [0.15, 0.2) is 0 Å². The summed E-state index contributed by atoms with van der Waals surface area (Å²) in [5.74, 6) is -1.42. The quantitative estimate of drug-likeness (QED) is 0.235. The van der Waals surface area contributed by atoms with Gasteiger partial charge in [0.1, 0.15) is 23.0 Å². The predicted molar refractivity (Wildman–Crippen MR) is 151 cm³/mol. The van der Waals surface area contributed by atoms with Crippen LogP contribution in [-0.4, -0.2) is 56.2 Å². The Morgan fingerprint density at radius 1 is 1.23 bits per heavy atom. The fourth-order valence-corrected chi connectivity index (χ4v) is 5.28. The van der Waals surface area contributed by atoms with E-state index in [1.165, 1.54) is 35.2 Å². The van der Waals surface area contributed by atoms with Gasteiger partial charge in [-0.3, -0.25) is 4.79 Å². The lowest BCUT2D eigenvalue weighted by atomic mass is 9.94. The Kier molecular flexibility index (Phi) is 9.85. The number of amides is 1. The molecule has 39 heavy (non-hydrogen) atoms. The van der Waals surface area contributed by atoms with E-state index in [0.717, 1.165) is 16.3 Å². The lowest BCUT2D eigenvalue weighted by molar-refractivity contribution is -0.139. The molecule has 0 aliphatic carbocycles. The van der Waals surface area contributed by atoms with E-state index in [2.05, 4.69) is 15.3 Å². The molecule has 8 nitrogen and oxygen atoms in total. The van der Waals surface area contributed by atoms with Gasteiger partial charge in [0, 0.05) is 42.5 Å². The Balaban J connectivity index is 1.67. The van der Waals surface area contributed by atoms with Gasteiger partial charge in [-0.1, -0.05) is 18.2 Å². The normalized spacial score (nSPS) is 12.7. The summed E-state index contributed by atoms with van der Waals surface area (Å²) in [4.78, 5) is 33.7. The van der Waals surface area contributed by atoms with E-state index in [4.69, 9.17) is 4.74 Å². The second kappa shape index (κ2) is 13.5. The van der Waals surface area contributed by atoms with Gasteiger partial charge in [-0.05, 0) is 59.4 Å². The van der Waals surface area contributed by atoms with Crippen molar-refractivity contribution in [3.8, 4) is 11.1 Å². The van der Waals surface area contributed by atoms with Gasteiger partial charge in [0.25, 0.3) is 5.91 Å². The van der Waals surface area contributed by atoms with Gasteiger partial charge in [-0.2, -0.15) is 11.8 Å². The highest BCUT2D eigenvalue weighted by molar-refractivity contribution is 7.98. The van der Waals surface area contributed by atoms with Crippen LogP contribution in [0.2, 0.25) is 0 Å². The van der Waals surface area contributed by atoms with Crippen LogP contribution in [0.3, 0.4) is 0 Å². The summed E-state index contributed by atoms with van der Waals surface area (Å²) in [7, 11) is 1.93. The average molecular weight is 569 g/mol. The molecular weight excluding hydrogens is 539 g/mol. The van der Waals surface area contributed by atoms with Crippen LogP contribution in [-0.2, 0) is 23.0 Å². The molecule has 0 spiro atoms. The van der Waals surface area contributed by atoms with Gasteiger partial charge < -0.3 is 19.7 Å². The summed E-state index contributed by atoms with van der Waals surface area (Å²) < 4.78 is 22.0. The largest absolute Gasteiger partial charge is 0.480 e. The van der Waals surface area contributed by atoms with Crippen LogP contribution in [0, 0.1) is 5.82 Å². The van der Waals surface area contributed by atoms with Crippen LogP contribution in [0.15, 0.2) is 66.6 Å². The molecule has 2 aromatic heterocycles. The number of nitrogens with zero attached hydrogens (tertiary/aromatic N) is 3. The Morgan fingerprint density at radius 3 is 2.67 bits per heavy atom. The molecule has 4 aromatic rings. The van der Waals surface area contributed by atoms with E-state index in [0.29, 0.717) is 36.3 Å². The van der Waals surface area contributed by atoms with Gasteiger partial charge in [-0.25, -0.2) is 19.2 Å². The number of rotatable bonds is 13. The summed E-state index contributed by atoms with van der Waals surface area (Å²) >= 11 is 2.97. The van der Waals surface area contributed by atoms with E-state index in [1.54, 1.807) is 43.0 Å². The predicted octanol–water partition coefficient (Wildman–Crippen LogP) is 4.97. The monoisotopic (exact) mass is 568 g/mol. The van der Waals surface area contributed by atoms with Crippen LogP contribution in [0.5, 0.6) is 0 Å². The van der Waals surface area contributed by atoms with Gasteiger partial charge >= 0.3 is 5.97 Å². The Bertz CT molecular complexity index is 1390. The molecule has 0 bridgehead atoms. The molecular formula is C28H29FN4O4S2. The number of carbonyl (C=O) groups is 2. The molecule has 2 atom stereocenters. The highest BCUT2D eigenvalue weighted by Gasteiger charge is 2.25. The van der Waals surface area contributed by atoms with E-state index in [1.807, 2.05) is 29.3 Å². The number of halogens is 1. The molecule has 0 fully saturated rings. The van der Waals surface area contributed by atoms with Gasteiger partial charge in [-0.15, -0.1) is 11.3 Å². The number of nitrogens with one attached hydrogen (secondary N) is 1. The molecule has 0 saturated carbocycles. The number of carbonyl (C=O) groups excluding carboxylic acids is 1. The lowest BCUT2D eigenvalue weighted by Crippen LogP contribution is -2.41. The van der Waals surface area contributed by atoms with E-state index in [-0.39, 0.29) is 5.56 Å². The first-order chi connectivity index (χ1) is 18.9. The van der Waals surface area contributed by atoms with Crippen LogP contribution < -0.4 is 5.32 Å². The Hall–Kier alpha value is -3.54. The number of aromatic nitrogens is 3. The highest BCUT2D eigenvalue weighted by atomic mass is 32.2. The fraction of sp³-hybridized carbons (Fsp3) is 0.286. The number of aliphatic carboxylic acids is 1. The topological polar surface area (TPSA) is 106 Å². The molecule has 0 aliphatic heterocycles. The standard InChI is InChI=1S/C28H29FN4O4S2/c1-33-17-30-16-21(33)9-12-37-25(27-31-11-14-39-27)19-5-8-22(23(15-19)18-3-6-20(29)7-4-18)26(34)32-24(28(35)36)10-13-38-2/h3-8,11,14-17,24-25H,9-10,12-13H2,1-2H3,(H,32,34)(H,35,36)/t24-,25?/m0/s1. The maximum atomic E-state index is 13.7. The zero-order chi connectivity index (χ0) is 27.8. The van der Waals surface area contributed by atoms with Gasteiger partial charge in [0.05, 0.1) is 12.9 Å². The number of imidazole rings is 1. The number of benzene rings is 2. The number of aryl methyl sites for hydroxylation is 1. The third-order valence-corrected chi connectivity index (χ3v) is 7.66. The fourth-order valence-electron chi connectivity index (χ4n) is 4.10. The maximum absolute atomic E-state index is 13.7. The molecule has 2 aromatic carbocycles. The molecule has 1 amide bonds. The minimum Gasteiger partial charge on any atom is -0.480 e. The summed E-state index contributed by atoms with van der Waals surface area (Å²) in [5, 5.41) is 14.9. The molecule has 0 aliphatic rings. The van der Waals surface area contributed by atoms with Crippen molar-refractivity contribution in [2.24, 2.45) is 7.05 Å². The van der Waals surface area contributed by atoms with Crippen molar-refractivity contribution in [2.75, 3.05) is 18.6 Å². The van der Waals surface area contributed by atoms with Crippen LogP contribution in [0.1, 0.15) is 39.1 Å². The number of carboxylic acids is 1. The molecule has 4 rings (SSSR count). The van der Waals surface area contributed by atoms with Crippen LogP contribution in [0.25, 0.3) is 11.1 Å². The summed E-state index contributed by atoms with van der Waals surface area (Å²) in [6.07, 6.45) is 7.57. The van der Waals surface area contributed by atoms with Crippen LogP contribution in [0.4, 0.5) is 4.39 Å². The summed E-state index contributed by atoms with van der Waals surface area (Å²) in [6, 6.07) is 10.1. The molecule has 2 heterocycles. The molecule has 0 saturated heterocycles. The van der Waals surface area contributed by atoms with Crippen molar-refractivity contribution in [1.29, 1.82) is 0 Å². The van der Waals surface area contributed by atoms with Crippen LogP contribution >= 0.6 is 23.1 Å². The van der Waals surface area contributed by atoms with Crippen molar-refractivity contribution in [1.82, 2.24) is 19.9 Å². The number of ether oxygens (including phenoxy) is 1. The number of thiazole rings is 1. The second-order valence-corrected chi connectivity index (χ2v) is 10.7. The van der Waals surface area contributed by atoms with Crippen molar-refractivity contribution < 1.29 is 23.8 Å². The Labute approximate surface area is 234 Å². The highest BCUT2D eigenvalue weighted by Crippen LogP contribution is 2.33. The Morgan fingerprint density at radius 2 is 2.03 bits per heavy atom. The molecule has 2 N–H and O–H groups in total. The van der Waals surface area contributed by atoms with Crippen molar-refractivity contribution in [3.63, 3.8) is 0 Å². The van der Waals surface area contributed by atoms with E-state index in [9.17, 15) is 19.1 Å². The summed E-state index contributed by atoms with van der Waals surface area (Å²) in [5.41, 5.74) is 3.24. The first-order valence-corrected chi connectivity index (χ1v) is 14.5. The second-order valence-electron chi connectivity index (χ2n) is 8.82. The SMILES string of the molecule is CSCC[C@H](NC(=O)c1ccc(C(OCCc2cncn2C)c2nccs2)cc1-c1ccc(F)cc1)C(=O)O. The summed E-state index contributed by atoms with van der Waals surface area (Å²) in [6.45, 7) is 0.410.